The van der Waals surface area contributed by atoms with Gasteiger partial charge in [-0.3, -0.25) is 4.90 Å². The summed E-state index contributed by atoms with van der Waals surface area (Å²) in [6, 6.07) is 6.72. The number of hydrogen-bond acceptors (Lipinski definition) is 5. The Hall–Kier alpha value is -1.53. The molecule has 0 atom stereocenters. The average molecular weight is 348 g/mol. The molecule has 1 aliphatic rings. The van der Waals surface area contributed by atoms with Crippen molar-refractivity contribution < 1.29 is 4.39 Å². The fourth-order valence-electron chi connectivity index (χ4n) is 3.01. The maximum Gasteiger partial charge on any atom is 0.202 e. The Morgan fingerprint density at radius 1 is 1.17 bits per heavy atom. The first kappa shape index (κ1) is 17.3. The zero-order valence-electron chi connectivity index (χ0n) is 14.4. The van der Waals surface area contributed by atoms with Crippen LogP contribution in [0.5, 0.6) is 0 Å². The maximum atomic E-state index is 13.1. The number of halogens is 1. The van der Waals surface area contributed by atoms with Crippen molar-refractivity contribution in [3.05, 3.63) is 41.5 Å². The molecule has 0 radical (unpaired) electrons. The Bertz CT molecular complexity index is 647. The summed E-state index contributed by atoms with van der Waals surface area (Å²) in [5, 5.41) is 4.25. The zero-order valence-corrected chi connectivity index (χ0v) is 15.2. The molecule has 0 saturated carbocycles. The summed E-state index contributed by atoms with van der Waals surface area (Å²) in [6.07, 6.45) is 3.90. The molecule has 2 heterocycles. The van der Waals surface area contributed by atoms with Crippen molar-refractivity contribution in [2.75, 3.05) is 25.0 Å². The van der Waals surface area contributed by atoms with Gasteiger partial charge in [-0.25, -0.2) is 9.37 Å². The van der Waals surface area contributed by atoms with Gasteiger partial charge in [-0.05, 0) is 43.6 Å². The largest absolute Gasteiger partial charge is 0.359 e. The minimum absolute atomic E-state index is 0.105. The first-order valence-electron chi connectivity index (χ1n) is 8.58. The summed E-state index contributed by atoms with van der Waals surface area (Å²) in [6.45, 7) is 8.17. The van der Waals surface area contributed by atoms with Crippen LogP contribution in [0.4, 0.5) is 9.52 Å². The first-order chi connectivity index (χ1) is 11.5. The smallest absolute Gasteiger partial charge is 0.202 e. The van der Waals surface area contributed by atoms with Crippen molar-refractivity contribution in [1.82, 2.24) is 14.3 Å². The molecule has 0 spiro atoms. The lowest BCUT2D eigenvalue weighted by Crippen LogP contribution is -2.29. The third-order valence-corrected chi connectivity index (χ3v) is 5.30. The highest BCUT2D eigenvalue weighted by molar-refractivity contribution is 7.09. The van der Waals surface area contributed by atoms with Gasteiger partial charge in [0.1, 0.15) is 5.82 Å². The summed E-state index contributed by atoms with van der Waals surface area (Å²) in [5.74, 6) is 0.706. The molecule has 1 aromatic carbocycles. The van der Waals surface area contributed by atoms with Crippen molar-refractivity contribution in [3.63, 3.8) is 0 Å². The quantitative estimate of drug-likeness (QED) is 0.855. The van der Waals surface area contributed by atoms with E-state index in [0.29, 0.717) is 0 Å². The summed E-state index contributed by atoms with van der Waals surface area (Å²) in [5.41, 5.74) is 1.00. The van der Waals surface area contributed by atoms with Gasteiger partial charge in [0.25, 0.3) is 0 Å². The van der Waals surface area contributed by atoms with Crippen LogP contribution in [0.15, 0.2) is 24.3 Å². The number of benzene rings is 1. The van der Waals surface area contributed by atoms with Gasteiger partial charge in [0.15, 0.2) is 5.82 Å². The van der Waals surface area contributed by atoms with Gasteiger partial charge in [-0.1, -0.05) is 32.4 Å². The van der Waals surface area contributed by atoms with Gasteiger partial charge < -0.3 is 5.32 Å². The molecular weight excluding hydrogens is 323 g/mol. The highest BCUT2D eigenvalue weighted by atomic mass is 32.1. The van der Waals surface area contributed by atoms with Gasteiger partial charge in [-0.15, -0.1) is 0 Å². The van der Waals surface area contributed by atoms with Crippen LogP contribution in [0.3, 0.4) is 0 Å². The molecule has 1 fully saturated rings. The van der Waals surface area contributed by atoms with E-state index in [9.17, 15) is 4.39 Å². The maximum absolute atomic E-state index is 13.1. The molecule has 3 rings (SSSR count). The number of hydrogen-bond donors (Lipinski definition) is 1. The standard InChI is InChI=1S/C18H25FN4S/c1-18(2,14-6-8-15(19)9-7-14)13-20-17-21-16(22-24-17)12-23-10-4-3-5-11-23/h6-9H,3-5,10-13H2,1-2H3,(H,20,21,22). The number of nitrogens with one attached hydrogen (secondary N) is 1. The highest BCUT2D eigenvalue weighted by Crippen LogP contribution is 2.25. The molecule has 1 saturated heterocycles. The van der Waals surface area contributed by atoms with Gasteiger partial charge in [0.05, 0.1) is 6.54 Å². The van der Waals surface area contributed by atoms with Gasteiger partial charge in [-0.2, -0.15) is 4.37 Å². The van der Waals surface area contributed by atoms with E-state index in [1.165, 1.54) is 42.9 Å². The highest BCUT2D eigenvalue weighted by Gasteiger charge is 2.21. The summed E-state index contributed by atoms with van der Waals surface area (Å²) in [7, 11) is 0. The molecule has 1 N–H and O–H groups in total. The summed E-state index contributed by atoms with van der Waals surface area (Å²) in [4.78, 5) is 7.04. The number of rotatable bonds is 6. The van der Waals surface area contributed by atoms with Crippen molar-refractivity contribution in [2.24, 2.45) is 0 Å². The van der Waals surface area contributed by atoms with Gasteiger partial charge in [0, 0.05) is 23.5 Å². The van der Waals surface area contributed by atoms with Crippen LogP contribution in [0, 0.1) is 5.82 Å². The molecule has 0 bridgehead atoms. The van der Waals surface area contributed by atoms with Gasteiger partial charge >= 0.3 is 0 Å². The van der Waals surface area contributed by atoms with Crippen LogP contribution < -0.4 is 5.32 Å². The van der Waals surface area contributed by atoms with E-state index in [1.807, 2.05) is 12.1 Å². The lowest BCUT2D eigenvalue weighted by atomic mass is 9.85. The van der Waals surface area contributed by atoms with Gasteiger partial charge in [0.2, 0.25) is 5.13 Å². The van der Waals surface area contributed by atoms with E-state index in [2.05, 4.69) is 33.4 Å². The van der Waals surface area contributed by atoms with E-state index >= 15 is 0 Å². The lowest BCUT2D eigenvalue weighted by molar-refractivity contribution is 0.217. The molecule has 0 unspecified atom stereocenters. The predicted molar refractivity (Wildman–Crippen MR) is 97.0 cm³/mol. The van der Waals surface area contributed by atoms with Crippen molar-refractivity contribution in [3.8, 4) is 0 Å². The minimum Gasteiger partial charge on any atom is -0.359 e. The topological polar surface area (TPSA) is 41.1 Å². The SMILES string of the molecule is CC(C)(CNc1nc(CN2CCCCC2)ns1)c1ccc(F)cc1. The van der Waals surface area contributed by atoms with Crippen molar-refractivity contribution in [2.45, 2.75) is 45.1 Å². The normalized spacial score (nSPS) is 16.3. The van der Waals surface area contributed by atoms with Crippen LogP contribution in [-0.2, 0) is 12.0 Å². The Morgan fingerprint density at radius 3 is 2.58 bits per heavy atom. The third kappa shape index (κ3) is 4.51. The number of anilines is 1. The predicted octanol–water partition coefficient (Wildman–Crippen LogP) is 4.05. The molecule has 0 aliphatic carbocycles. The third-order valence-electron chi connectivity index (χ3n) is 4.59. The zero-order chi connectivity index (χ0) is 17.0. The summed E-state index contributed by atoms with van der Waals surface area (Å²) >= 11 is 1.42. The van der Waals surface area contributed by atoms with E-state index < -0.39 is 0 Å². The molecule has 0 amide bonds. The molecule has 24 heavy (non-hydrogen) atoms. The Kier molecular flexibility index (Phi) is 5.46. The molecule has 1 aromatic heterocycles. The van der Waals surface area contributed by atoms with Crippen LogP contribution >= 0.6 is 11.5 Å². The second kappa shape index (κ2) is 7.57. The van der Waals surface area contributed by atoms with Crippen LogP contribution in [0.25, 0.3) is 0 Å². The molecule has 1 aliphatic heterocycles. The van der Waals surface area contributed by atoms with Crippen LogP contribution in [0.1, 0.15) is 44.5 Å². The molecule has 4 nitrogen and oxygen atoms in total. The monoisotopic (exact) mass is 348 g/mol. The fourth-order valence-corrected chi connectivity index (χ4v) is 3.58. The number of aromatic nitrogens is 2. The molecule has 130 valence electrons. The lowest BCUT2D eigenvalue weighted by Gasteiger charge is -2.25. The molecule has 2 aromatic rings. The number of likely N-dealkylation sites (tertiary alicyclic amines) is 1. The van der Waals surface area contributed by atoms with E-state index in [-0.39, 0.29) is 11.2 Å². The molecule has 6 heteroatoms. The first-order valence-corrected chi connectivity index (χ1v) is 9.35. The van der Waals surface area contributed by atoms with Crippen molar-refractivity contribution >= 4 is 16.7 Å². The summed E-state index contributed by atoms with van der Waals surface area (Å²) < 4.78 is 17.6. The minimum atomic E-state index is -0.200. The average Bonchev–Trinajstić information content (AvgIpc) is 3.02. The van der Waals surface area contributed by atoms with Crippen LogP contribution in [-0.4, -0.2) is 33.9 Å². The Labute approximate surface area is 147 Å². The Balaban J connectivity index is 1.55. The molecular formula is C18H25FN4S. The number of nitrogens with zero attached hydrogens (tertiary/aromatic N) is 3. The fraction of sp³-hybridized carbons (Fsp3) is 0.556. The van der Waals surface area contributed by atoms with E-state index in [0.717, 1.165) is 42.7 Å². The van der Waals surface area contributed by atoms with Crippen molar-refractivity contribution in [1.29, 1.82) is 0 Å². The Morgan fingerprint density at radius 2 is 1.88 bits per heavy atom. The van der Waals surface area contributed by atoms with E-state index in [1.54, 1.807) is 0 Å². The van der Waals surface area contributed by atoms with E-state index in [4.69, 9.17) is 0 Å². The van der Waals surface area contributed by atoms with Crippen LogP contribution in [0.2, 0.25) is 0 Å². The second-order valence-electron chi connectivity index (χ2n) is 7.10. The second-order valence-corrected chi connectivity index (χ2v) is 7.85. The number of piperidine rings is 1.